The van der Waals surface area contributed by atoms with Gasteiger partial charge in [0.25, 0.3) is 0 Å². The molecule has 2 aromatic carbocycles. The average molecular weight is 722 g/mol. The number of pyridine rings is 1. The number of urea groups is 2. The van der Waals surface area contributed by atoms with Gasteiger partial charge in [0.05, 0.1) is 25.4 Å². The topological polar surface area (TPSA) is 90.8 Å². The number of aliphatic imine (C=N–C) groups is 1. The van der Waals surface area contributed by atoms with Crippen LogP contribution >= 0.6 is 23.2 Å². The summed E-state index contributed by atoms with van der Waals surface area (Å²) in [5.41, 5.74) is 0.942. The average Bonchev–Trinajstić information content (AvgIpc) is 3.36. The molecule has 3 aliphatic rings. The van der Waals surface area contributed by atoms with E-state index in [0.717, 1.165) is 16.8 Å². The van der Waals surface area contributed by atoms with E-state index in [1.165, 1.54) is 0 Å². The Hall–Kier alpha value is -3.86. The molecule has 0 saturated carbocycles. The maximum absolute atomic E-state index is 15.2. The van der Waals surface area contributed by atoms with Crippen molar-refractivity contribution in [2.24, 2.45) is 4.99 Å². The van der Waals surface area contributed by atoms with E-state index < -0.39 is 11.1 Å². The number of amidine groups is 1. The van der Waals surface area contributed by atoms with Crippen LogP contribution in [0.15, 0.2) is 65.8 Å². The molecule has 266 valence electrons. The van der Waals surface area contributed by atoms with Crippen molar-refractivity contribution in [3.8, 4) is 5.75 Å². The van der Waals surface area contributed by atoms with Gasteiger partial charge in [0.1, 0.15) is 22.7 Å². The predicted octanol–water partition coefficient (Wildman–Crippen LogP) is 7.17. The van der Waals surface area contributed by atoms with Crippen LogP contribution in [0.25, 0.3) is 0 Å². The van der Waals surface area contributed by atoms with Gasteiger partial charge in [0.2, 0.25) is 0 Å². The highest BCUT2D eigenvalue weighted by molar-refractivity contribution is 6.30. The van der Waals surface area contributed by atoms with Gasteiger partial charge in [-0.15, -0.1) is 0 Å². The Morgan fingerprint density at radius 1 is 0.820 bits per heavy atom. The third-order valence-corrected chi connectivity index (χ3v) is 10.7. The quantitative estimate of drug-likeness (QED) is 0.279. The third-order valence-electron chi connectivity index (χ3n) is 10.2. The normalized spacial score (nSPS) is 22.8. The van der Waals surface area contributed by atoms with E-state index in [4.69, 9.17) is 42.7 Å². The lowest BCUT2D eigenvalue weighted by Crippen LogP contribution is -2.62. The highest BCUT2D eigenvalue weighted by Crippen LogP contribution is 2.54. The SMILES string of the molecule is CCOc1cc(C(C)(C)C)ncc1C1=N[C@@](C)(c2ccc(Cl)cc2)[C@@](C)(c2ccc(Cl)cc2)N1C(=O)N1CCN(C(=O)N2CCOCC2)CC1. The van der Waals surface area contributed by atoms with Crippen molar-refractivity contribution in [2.45, 2.75) is 58.0 Å². The molecular weight excluding hydrogens is 675 g/mol. The zero-order valence-corrected chi connectivity index (χ0v) is 31.2. The first-order valence-corrected chi connectivity index (χ1v) is 18.0. The second kappa shape index (κ2) is 14.0. The van der Waals surface area contributed by atoms with Crippen molar-refractivity contribution in [3.05, 3.63) is 93.2 Å². The molecule has 10 nitrogen and oxygen atoms in total. The number of morpholine rings is 1. The van der Waals surface area contributed by atoms with Crippen molar-refractivity contribution in [2.75, 3.05) is 59.1 Å². The Morgan fingerprint density at radius 3 is 1.88 bits per heavy atom. The number of rotatable bonds is 5. The number of aromatic nitrogens is 1. The zero-order chi connectivity index (χ0) is 35.8. The van der Waals surface area contributed by atoms with Crippen LogP contribution in [-0.2, 0) is 21.2 Å². The number of amides is 4. The van der Waals surface area contributed by atoms with E-state index in [1.54, 1.807) is 11.1 Å². The summed E-state index contributed by atoms with van der Waals surface area (Å²) in [6.45, 7) is 16.5. The van der Waals surface area contributed by atoms with Crippen LogP contribution in [0.3, 0.4) is 0 Å². The van der Waals surface area contributed by atoms with Gasteiger partial charge in [-0.05, 0) is 56.2 Å². The van der Waals surface area contributed by atoms with E-state index in [1.807, 2.05) is 83.1 Å². The number of halogens is 2. The lowest BCUT2D eigenvalue weighted by molar-refractivity contribution is 0.0375. The van der Waals surface area contributed by atoms with Gasteiger partial charge >= 0.3 is 12.1 Å². The molecule has 50 heavy (non-hydrogen) atoms. The van der Waals surface area contributed by atoms with Crippen LogP contribution in [0.2, 0.25) is 10.0 Å². The molecule has 4 amide bonds. The molecule has 12 heteroatoms. The summed E-state index contributed by atoms with van der Waals surface area (Å²) in [6.07, 6.45) is 1.78. The molecule has 6 rings (SSSR count). The highest BCUT2D eigenvalue weighted by Gasteiger charge is 2.60. The smallest absolute Gasteiger partial charge is 0.326 e. The molecule has 4 heterocycles. The molecule has 0 radical (unpaired) electrons. The van der Waals surface area contributed by atoms with Crippen molar-refractivity contribution >= 4 is 41.1 Å². The summed E-state index contributed by atoms with van der Waals surface area (Å²) in [4.78, 5) is 46.2. The van der Waals surface area contributed by atoms with Crippen LogP contribution < -0.4 is 4.74 Å². The molecule has 0 unspecified atom stereocenters. The lowest BCUT2D eigenvalue weighted by atomic mass is 9.71. The van der Waals surface area contributed by atoms with E-state index in [9.17, 15) is 4.79 Å². The summed E-state index contributed by atoms with van der Waals surface area (Å²) in [6, 6.07) is 16.9. The molecule has 0 N–H and O–H groups in total. The number of nitrogens with zero attached hydrogens (tertiary/aromatic N) is 6. The molecule has 0 spiro atoms. The van der Waals surface area contributed by atoms with Gasteiger partial charge in [0, 0.05) is 72.7 Å². The Labute approximate surface area is 305 Å². The van der Waals surface area contributed by atoms with Crippen LogP contribution in [0.5, 0.6) is 5.75 Å². The molecule has 3 aliphatic heterocycles. The number of benzene rings is 2. The molecule has 2 atom stereocenters. The van der Waals surface area contributed by atoms with Crippen molar-refractivity contribution in [3.63, 3.8) is 0 Å². The van der Waals surface area contributed by atoms with Gasteiger partial charge in [-0.3, -0.25) is 14.9 Å². The molecule has 2 fully saturated rings. The fourth-order valence-electron chi connectivity index (χ4n) is 7.04. The minimum atomic E-state index is -1.05. The van der Waals surface area contributed by atoms with Gasteiger partial charge in [0.15, 0.2) is 0 Å². The number of hydrogen-bond acceptors (Lipinski definition) is 6. The summed E-state index contributed by atoms with van der Waals surface area (Å²) in [5, 5.41) is 1.19. The molecule has 0 bridgehead atoms. The van der Waals surface area contributed by atoms with Gasteiger partial charge in [-0.25, -0.2) is 9.59 Å². The lowest BCUT2D eigenvalue weighted by Gasteiger charge is -2.47. The van der Waals surface area contributed by atoms with Crippen LogP contribution in [-0.4, -0.2) is 102 Å². The standard InChI is InChI=1S/C38H46Cl2N6O4/c1-7-50-31-24-32(36(2,3)4)41-25-30(31)33-42-37(5,26-8-12-28(39)13-9-26)38(6,27-10-14-29(40)15-11-27)46(33)35(48)44-18-16-43(17-19-44)34(47)45-20-22-49-23-21-45/h8-15,24-25H,7,16-23H2,1-6H3/t37-,38+/m0/s1. The highest BCUT2D eigenvalue weighted by atomic mass is 35.5. The fraction of sp³-hybridized carbons (Fsp3) is 0.474. The second-order valence-electron chi connectivity index (χ2n) is 14.3. The number of ether oxygens (including phenoxy) is 2. The largest absolute Gasteiger partial charge is 0.493 e. The number of carbonyl (C=O) groups is 2. The van der Waals surface area contributed by atoms with E-state index in [0.29, 0.717) is 86.3 Å². The minimum Gasteiger partial charge on any atom is -0.493 e. The van der Waals surface area contributed by atoms with Gasteiger partial charge in [-0.2, -0.15) is 0 Å². The molecule has 0 aliphatic carbocycles. The fourth-order valence-corrected chi connectivity index (χ4v) is 7.29. The summed E-state index contributed by atoms with van der Waals surface area (Å²) in [7, 11) is 0. The Balaban J connectivity index is 1.48. The molecule has 1 aromatic heterocycles. The number of carbonyl (C=O) groups excluding carboxylic acids is 2. The summed E-state index contributed by atoms with van der Waals surface area (Å²) in [5.74, 6) is 1.05. The second-order valence-corrected chi connectivity index (χ2v) is 15.2. The number of hydrogen-bond donors (Lipinski definition) is 0. The van der Waals surface area contributed by atoms with Crippen LogP contribution in [0.1, 0.15) is 63.9 Å². The van der Waals surface area contributed by atoms with E-state index in [2.05, 4.69) is 27.7 Å². The minimum absolute atomic E-state index is 0.0171. The van der Waals surface area contributed by atoms with E-state index in [-0.39, 0.29) is 17.5 Å². The van der Waals surface area contributed by atoms with Gasteiger partial charge in [-0.1, -0.05) is 68.2 Å². The Bertz CT molecular complexity index is 1750. The third kappa shape index (κ3) is 6.53. The zero-order valence-electron chi connectivity index (χ0n) is 29.7. The summed E-state index contributed by atoms with van der Waals surface area (Å²) < 4.78 is 11.7. The monoisotopic (exact) mass is 720 g/mol. The Kier molecular flexibility index (Phi) is 10.1. The van der Waals surface area contributed by atoms with Crippen molar-refractivity contribution in [1.29, 1.82) is 0 Å². The Morgan fingerprint density at radius 2 is 1.34 bits per heavy atom. The molecule has 2 saturated heterocycles. The van der Waals surface area contributed by atoms with Crippen molar-refractivity contribution in [1.82, 2.24) is 24.6 Å². The van der Waals surface area contributed by atoms with Crippen LogP contribution in [0.4, 0.5) is 9.59 Å². The molecular formula is C38H46Cl2N6O4. The molecule has 3 aromatic rings. The first-order chi connectivity index (χ1) is 23.8. The van der Waals surface area contributed by atoms with Gasteiger partial charge < -0.3 is 24.2 Å². The first-order valence-electron chi connectivity index (χ1n) is 17.2. The maximum atomic E-state index is 15.2. The first kappa shape index (κ1) is 35.9. The summed E-state index contributed by atoms with van der Waals surface area (Å²) >= 11 is 12.8. The van der Waals surface area contributed by atoms with Crippen LogP contribution in [0, 0.1) is 0 Å². The van der Waals surface area contributed by atoms with E-state index >= 15 is 4.79 Å². The maximum Gasteiger partial charge on any atom is 0.326 e. The predicted molar refractivity (Wildman–Crippen MR) is 196 cm³/mol. The van der Waals surface area contributed by atoms with Crippen molar-refractivity contribution < 1.29 is 19.1 Å². The number of piperazine rings is 1.